The topological polar surface area (TPSA) is 101 Å². The summed E-state index contributed by atoms with van der Waals surface area (Å²) in [4.78, 5) is 14.5. The van der Waals surface area contributed by atoms with Crippen LogP contribution in [-0.4, -0.2) is 55.4 Å². The predicted molar refractivity (Wildman–Crippen MR) is 137 cm³/mol. The minimum atomic E-state index is -4.25. The number of hydrogen-bond donors (Lipinski definition) is 1. The molecule has 0 saturated heterocycles. The Morgan fingerprint density at radius 2 is 1.56 bits per heavy atom. The van der Waals surface area contributed by atoms with Gasteiger partial charge in [-0.05, 0) is 54.1 Å². The van der Waals surface area contributed by atoms with Crippen LogP contribution in [0, 0.1) is 5.82 Å². The van der Waals surface area contributed by atoms with Gasteiger partial charge in [0.15, 0.2) is 11.5 Å². The Hall–Kier alpha value is -4.12. The number of hydrazone groups is 1. The third-order valence-corrected chi connectivity index (χ3v) is 6.93. The van der Waals surface area contributed by atoms with Crippen molar-refractivity contribution in [2.24, 2.45) is 5.10 Å². The molecule has 0 fully saturated rings. The van der Waals surface area contributed by atoms with E-state index in [2.05, 4.69) is 10.5 Å². The van der Waals surface area contributed by atoms with Crippen molar-refractivity contribution in [3.05, 3.63) is 78.1 Å². The Labute approximate surface area is 209 Å². The van der Waals surface area contributed by atoms with Gasteiger partial charge in [0.25, 0.3) is 15.9 Å². The smallest absolute Gasteiger partial charge is 0.264 e. The second kappa shape index (κ2) is 11.5. The van der Waals surface area contributed by atoms with Crippen LogP contribution in [0.3, 0.4) is 0 Å². The van der Waals surface area contributed by atoms with E-state index in [1.807, 2.05) is 43.3 Å². The molecule has 0 saturated carbocycles. The molecule has 36 heavy (non-hydrogen) atoms. The van der Waals surface area contributed by atoms with Crippen LogP contribution in [0.5, 0.6) is 11.5 Å². The Morgan fingerprint density at radius 1 is 0.944 bits per heavy atom. The van der Waals surface area contributed by atoms with Crippen molar-refractivity contribution in [1.82, 2.24) is 5.43 Å². The maximum atomic E-state index is 13.5. The molecule has 9 nitrogen and oxygen atoms in total. The van der Waals surface area contributed by atoms with Gasteiger partial charge in [-0.15, -0.1) is 0 Å². The number of carbonyl (C=O) groups excluding carboxylic acids is 1. The van der Waals surface area contributed by atoms with E-state index >= 15 is 0 Å². The first-order chi connectivity index (χ1) is 17.1. The molecule has 0 unspecified atom stereocenters. The lowest BCUT2D eigenvalue weighted by molar-refractivity contribution is -0.119. The summed E-state index contributed by atoms with van der Waals surface area (Å²) < 4.78 is 51.8. The van der Waals surface area contributed by atoms with E-state index in [4.69, 9.17) is 9.47 Å². The fraction of sp³-hybridized carbons (Fsp3) is 0.200. The van der Waals surface area contributed by atoms with Crippen LogP contribution in [0.4, 0.5) is 15.8 Å². The molecular formula is C25H27FN4O5S. The van der Waals surface area contributed by atoms with Crippen molar-refractivity contribution in [3.63, 3.8) is 0 Å². The Kier molecular flexibility index (Phi) is 8.49. The van der Waals surface area contributed by atoms with Gasteiger partial charge in [0.2, 0.25) is 0 Å². The van der Waals surface area contributed by atoms with E-state index in [9.17, 15) is 17.6 Å². The molecule has 190 valence electrons. The second-order valence-electron chi connectivity index (χ2n) is 7.78. The van der Waals surface area contributed by atoms with Crippen LogP contribution in [-0.2, 0) is 14.8 Å². The second-order valence-corrected chi connectivity index (χ2v) is 9.65. The zero-order valence-corrected chi connectivity index (χ0v) is 21.1. The number of rotatable bonds is 10. The summed E-state index contributed by atoms with van der Waals surface area (Å²) in [5, 5.41) is 3.93. The van der Waals surface area contributed by atoms with Gasteiger partial charge in [0.05, 0.1) is 31.0 Å². The van der Waals surface area contributed by atoms with Crippen LogP contribution >= 0.6 is 0 Å². The molecule has 3 rings (SSSR count). The van der Waals surface area contributed by atoms with Crippen molar-refractivity contribution >= 4 is 33.5 Å². The van der Waals surface area contributed by atoms with Crippen molar-refractivity contribution in [3.8, 4) is 11.5 Å². The molecular weight excluding hydrogens is 487 g/mol. The lowest BCUT2D eigenvalue weighted by Crippen LogP contribution is -2.39. The number of nitrogens with zero attached hydrogens (tertiary/aromatic N) is 3. The summed E-state index contributed by atoms with van der Waals surface area (Å²) in [5.74, 6) is -0.691. The van der Waals surface area contributed by atoms with E-state index in [0.717, 1.165) is 27.7 Å². The van der Waals surface area contributed by atoms with Gasteiger partial charge in [0.1, 0.15) is 12.4 Å². The highest BCUT2D eigenvalue weighted by atomic mass is 32.2. The standard InChI is InChI=1S/C25H27FN4O5S/c1-29(2)20-9-5-18(6-10-20)16-27-28-25(31)17-30(21-11-7-19(26)8-12-21)36(32,33)22-13-14-23(34-3)24(15-22)35-4/h5-16H,17H2,1-4H3,(H,28,31)/b27-16-. The number of halogens is 1. The average molecular weight is 515 g/mol. The SMILES string of the molecule is COc1ccc(S(=O)(=O)N(CC(=O)N/N=C\c2ccc(N(C)C)cc2)c2ccc(F)cc2)cc1OC. The lowest BCUT2D eigenvalue weighted by atomic mass is 10.2. The minimum absolute atomic E-state index is 0.101. The van der Waals surface area contributed by atoms with Crippen molar-refractivity contribution in [1.29, 1.82) is 0 Å². The highest BCUT2D eigenvalue weighted by Gasteiger charge is 2.28. The molecule has 0 heterocycles. The molecule has 0 atom stereocenters. The van der Waals surface area contributed by atoms with Crippen LogP contribution in [0.25, 0.3) is 0 Å². The minimum Gasteiger partial charge on any atom is -0.493 e. The number of carbonyl (C=O) groups is 1. The number of nitrogens with one attached hydrogen (secondary N) is 1. The molecule has 0 radical (unpaired) electrons. The lowest BCUT2D eigenvalue weighted by Gasteiger charge is -2.24. The Morgan fingerprint density at radius 3 is 2.14 bits per heavy atom. The number of methoxy groups -OCH3 is 2. The highest BCUT2D eigenvalue weighted by Crippen LogP contribution is 2.32. The maximum absolute atomic E-state index is 13.5. The van der Waals surface area contributed by atoms with Gasteiger partial charge < -0.3 is 14.4 Å². The number of amides is 1. The van der Waals surface area contributed by atoms with Crippen LogP contribution in [0.2, 0.25) is 0 Å². The van der Waals surface area contributed by atoms with Gasteiger partial charge in [-0.1, -0.05) is 12.1 Å². The average Bonchev–Trinajstić information content (AvgIpc) is 2.87. The molecule has 3 aromatic rings. The van der Waals surface area contributed by atoms with Crippen LogP contribution < -0.4 is 24.1 Å². The van der Waals surface area contributed by atoms with E-state index in [0.29, 0.717) is 5.75 Å². The molecule has 0 aromatic heterocycles. The normalized spacial score (nSPS) is 11.2. The Bertz CT molecular complexity index is 1330. The van der Waals surface area contributed by atoms with Gasteiger partial charge in [0, 0.05) is 25.8 Å². The summed E-state index contributed by atoms with van der Waals surface area (Å²) in [7, 11) is 2.40. The third-order valence-electron chi connectivity index (χ3n) is 5.16. The molecule has 0 aliphatic carbocycles. The largest absolute Gasteiger partial charge is 0.493 e. The van der Waals surface area contributed by atoms with E-state index in [-0.39, 0.29) is 16.3 Å². The summed E-state index contributed by atoms with van der Waals surface area (Å²) in [6.45, 7) is -0.598. The zero-order chi connectivity index (χ0) is 26.3. The number of anilines is 2. The summed E-state index contributed by atoms with van der Waals surface area (Å²) in [5.41, 5.74) is 4.19. The van der Waals surface area contributed by atoms with E-state index in [1.54, 1.807) is 0 Å². The van der Waals surface area contributed by atoms with Gasteiger partial charge >= 0.3 is 0 Å². The van der Waals surface area contributed by atoms with Crippen LogP contribution in [0.15, 0.2) is 76.7 Å². The zero-order valence-electron chi connectivity index (χ0n) is 20.3. The Balaban J connectivity index is 1.85. The van der Waals surface area contributed by atoms with Crippen molar-refractivity contribution < 1.29 is 27.1 Å². The van der Waals surface area contributed by atoms with Crippen molar-refractivity contribution in [2.75, 3.05) is 44.1 Å². The number of benzene rings is 3. The molecule has 0 bridgehead atoms. The molecule has 1 amide bonds. The first-order valence-electron chi connectivity index (χ1n) is 10.8. The predicted octanol–water partition coefficient (Wildman–Crippen LogP) is 3.25. The molecule has 0 aliphatic heterocycles. The first-order valence-corrected chi connectivity index (χ1v) is 12.2. The fourth-order valence-corrected chi connectivity index (χ4v) is 4.67. The quantitative estimate of drug-likeness (QED) is 0.329. The maximum Gasteiger partial charge on any atom is 0.264 e. The molecule has 0 aliphatic rings. The highest BCUT2D eigenvalue weighted by molar-refractivity contribution is 7.92. The van der Waals surface area contributed by atoms with Crippen molar-refractivity contribution in [2.45, 2.75) is 4.90 Å². The van der Waals surface area contributed by atoms with Gasteiger partial charge in [-0.2, -0.15) is 5.10 Å². The van der Waals surface area contributed by atoms with Gasteiger partial charge in [-0.25, -0.2) is 18.2 Å². The van der Waals surface area contributed by atoms with Gasteiger partial charge in [-0.3, -0.25) is 9.10 Å². The monoisotopic (exact) mass is 514 g/mol. The first kappa shape index (κ1) is 26.5. The number of ether oxygens (including phenoxy) is 2. The number of sulfonamides is 1. The summed E-state index contributed by atoms with van der Waals surface area (Å²) in [6.07, 6.45) is 1.45. The summed E-state index contributed by atoms with van der Waals surface area (Å²) >= 11 is 0. The van der Waals surface area contributed by atoms with E-state index < -0.39 is 28.3 Å². The van der Waals surface area contributed by atoms with Crippen LogP contribution in [0.1, 0.15) is 5.56 Å². The molecule has 11 heteroatoms. The molecule has 3 aromatic carbocycles. The number of hydrogen-bond acceptors (Lipinski definition) is 7. The molecule has 0 spiro atoms. The fourth-order valence-electron chi connectivity index (χ4n) is 3.23. The molecule has 1 N–H and O–H groups in total. The van der Waals surface area contributed by atoms with E-state index in [1.165, 1.54) is 50.8 Å². The summed E-state index contributed by atoms with van der Waals surface area (Å²) in [6, 6.07) is 16.3. The third kappa shape index (κ3) is 6.30.